The van der Waals surface area contributed by atoms with Crippen molar-refractivity contribution in [1.29, 1.82) is 0 Å². The van der Waals surface area contributed by atoms with E-state index in [0.29, 0.717) is 6.54 Å². The van der Waals surface area contributed by atoms with E-state index in [4.69, 9.17) is 4.74 Å². The molecule has 0 aliphatic rings. The number of ether oxygens (including phenoxy) is 1. The van der Waals surface area contributed by atoms with Crippen LogP contribution in [0.1, 0.15) is 0 Å². The average molecular weight is 248 g/mol. The largest absolute Gasteiger partial charge is 0.483 e. The summed E-state index contributed by atoms with van der Waals surface area (Å²) in [6.45, 7) is 11.2. The summed E-state index contributed by atoms with van der Waals surface area (Å²) in [5.74, 6) is 0.109. The Hall–Kier alpha value is -2.30. The van der Waals surface area contributed by atoms with Crippen LogP contribution in [0.25, 0.3) is 0 Å². The fourth-order valence-electron chi connectivity index (χ4n) is 1.43. The van der Waals surface area contributed by atoms with Gasteiger partial charge in [0.15, 0.2) is 0 Å². The topological polar surface area (TPSA) is 53.2 Å². The zero-order valence-electron chi connectivity index (χ0n) is 10.2. The van der Waals surface area contributed by atoms with Crippen molar-refractivity contribution in [2.75, 3.05) is 6.61 Å². The van der Waals surface area contributed by atoms with Crippen LogP contribution < -0.4 is 16.0 Å². The Kier molecular flexibility index (Phi) is 4.92. The molecule has 1 aromatic heterocycles. The van der Waals surface area contributed by atoms with Crippen LogP contribution in [-0.2, 0) is 13.1 Å². The minimum atomic E-state index is -0.470. The fraction of sp³-hybridized carbons (Fsp3) is 0.231. The summed E-state index contributed by atoms with van der Waals surface area (Å²) in [6.07, 6.45) is 5.97. The molecule has 0 aliphatic carbocycles. The van der Waals surface area contributed by atoms with E-state index < -0.39 is 11.2 Å². The van der Waals surface area contributed by atoms with Crippen molar-refractivity contribution >= 4 is 0 Å². The first-order valence-corrected chi connectivity index (χ1v) is 5.45. The zero-order valence-corrected chi connectivity index (χ0v) is 10.2. The number of allylic oxidation sites excluding steroid dienone is 2. The van der Waals surface area contributed by atoms with Gasteiger partial charge in [-0.15, -0.1) is 13.2 Å². The quantitative estimate of drug-likeness (QED) is 0.675. The Morgan fingerprint density at radius 2 is 1.78 bits per heavy atom. The number of hydrogen-bond donors (Lipinski definition) is 0. The van der Waals surface area contributed by atoms with Crippen molar-refractivity contribution < 1.29 is 4.74 Å². The van der Waals surface area contributed by atoms with Crippen molar-refractivity contribution in [3.05, 3.63) is 65.0 Å². The van der Waals surface area contributed by atoms with Gasteiger partial charge in [0, 0.05) is 13.1 Å². The van der Waals surface area contributed by atoms with Crippen molar-refractivity contribution in [2.45, 2.75) is 13.1 Å². The van der Waals surface area contributed by atoms with Crippen LogP contribution in [-0.4, -0.2) is 15.7 Å². The molecule has 0 fully saturated rings. The van der Waals surface area contributed by atoms with E-state index >= 15 is 0 Å². The highest BCUT2D eigenvalue weighted by Crippen LogP contribution is 2.00. The number of rotatable bonds is 7. The second-order valence-electron chi connectivity index (χ2n) is 3.52. The highest BCUT2D eigenvalue weighted by Gasteiger charge is 2.10. The third kappa shape index (κ3) is 2.88. The third-order valence-corrected chi connectivity index (χ3v) is 2.20. The second kappa shape index (κ2) is 6.44. The summed E-state index contributed by atoms with van der Waals surface area (Å²) in [5, 5.41) is 0. The monoisotopic (exact) mass is 248 g/mol. The minimum Gasteiger partial charge on any atom is -0.483 e. The van der Waals surface area contributed by atoms with Crippen molar-refractivity contribution in [2.24, 2.45) is 0 Å². The zero-order chi connectivity index (χ0) is 13.5. The van der Waals surface area contributed by atoms with E-state index in [2.05, 4.69) is 19.7 Å². The van der Waals surface area contributed by atoms with Crippen LogP contribution in [0.15, 0.2) is 53.8 Å². The van der Waals surface area contributed by atoms with Gasteiger partial charge in [0.1, 0.15) is 6.61 Å². The Morgan fingerprint density at radius 1 is 1.11 bits per heavy atom. The molecule has 0 saturated heterocycles. The molecule has 96 valence electrons. The van der Waals surface area contributed by atoms with Gasteiger partial charge in [-0.2, -0.15) is 0 Å². The van der Waals surface area contributed by atoms with Gasteiger partial charge < -0.3 is 4.74 Å². The molecule has 0 N–H and O–H groups in total. The summed E-state index contributed by atoms with van der Waals surface area (Å²) >= 11 is 0. The highest BCUT2D eigenvalue weighted by atomic mass is 16.5. The molecule has 0 saturated carbocycles. The molecule has 0 spiro atoms. The highest BCUT2D eigenvalue weighted by molar-refractivity contribution is 5.14. The average Bonchev–Trinajstić information content (AvgIpc) is 2.36. The maximum absolute atomic E-state index is 12.0. The number of hydrogen-bond acceptors (Lipinski definition) is 3. The first kappa shape index (κ1) is 13.8. The van der Waals surface area contributed by atoms with Crippen LogP contribution in [0.2, 0.25) is 0 Å². The molecule has 5 nitrogen and oxygen atoms in total. The van der Waals surface area contributed by atoms with Gasteiger partial charge in [-0.05, 0) is 0 Å². The van der Waals surface area contributed by atoms with Gasteiger partial charge >= 0.3 is 5.69 Å². The van der Waals surface area contributed by atoms with Crippen LogP contribution in [0.3, 0.4) is 0 Å². The molecule has 5 heteroatoms. The molecule has 1 rings (SSSR count). The first-order valence-electron chi connectivity index (χ1n) is 5.45. The summed E-state index contributed by atoms with van der Waals surface area (Å²) in [4.78, 5) is 23.9. The molecule has 1 aromatic rings. The van der Waals surface area contributed by atoms with Crippen molar-refractivity contribution in [1.82, 2.24) is 9.13 Å². The van der Waals surface area contributed by atoms with Crippen molar-refractivity contribution in [3.8, 4) is 5.75 Å². The predicted octanol–water partition coefficient (Wildman–Crippen LogP) is 0.947. The van der Waals surface area contributed by atoms with E-state index in [1.54, 1.807) is 6.08 Å². The standard InChI is InChI=1S/C13H16N2O3/c1-4-7-14-10-11(18-9-6-3)12(16)15(8-5-2)13(14)17/h4-6,10H,1-3,7-9H2. The summed E-state index contributed by atoms with van der Waals surface area (Å²) < 4.78 is 7.66. The van der Waals surface area contributed by atoms with E-state index in [-0.39, 0.29) is 18.9 Å². The van der Waals surface area contributed by atoms with Crippen LogP contribution in [0.4, 0.5) is 0 Å². The van der Waals surface area contributed by atoms with Gasteiger partial charge in [0.05, 0.1) is 6.20 Å². The summed E-state index contributed by atoms with van der Waals surface area (Å²) in [6, 6.07) is 0. The molecule has 0 atom stereocenters. The Bertz CT molecular complexity index is 567. The molecule has 0 amide bonds. The van der Waals surface area contributed by atoms with Gasteiger partial charge in [-0.1, -0.05) is 24.8 Å². The normalized spacial score (nSPS) is 9.78. The van der Waals surface area contributed by atoms with Crippen LogP contribution in [0.5, 0.6) is 5.75 Å². The van der Waals surface area contributed by atoms with E-state index in [1.807, 2.05) is 0 Å². The fourth-order valence-corrected chi connectivity index (χ4v) is 1.43. The van der Waals surface area contributed by atoms with Crippen molar-refractivity contribution in [3.63, 3.8) is 0 Å². The van der Waals surface area contributed by atoms with Crippen LogP contribution >= 0.6 is 0 Å². The molecule has 0 bridgehead atoms. The molecular formula is C13H16N2O3. The Balaban J connectivity index is 3.38. The summed E-state index contributed by atoms with van der Waals surface area (Å²) in [5.41, 5.74) is -0.882. The summed E-state index contributed by atoms with van der Waals surface area (Å²) in [7, 11) is 0. The van der Waals surface area contributed by atoms with Crippen LogP contribution in [0, 0.1) is 0 Å². The Labute approximate surface area is 105 Å². The lowest BCUT2D eigenvalue weighted by Gasteiger charge is -2.10. The molecular weight excluding hydrogens is 232 g/mol. The van der Waals surface area contributed by atoms with E-state index in [9.17, 15) is 9.59 Å². The molecule has 0 radical (unpaired) electrons. The van der Waals surface area contributed by atoms with E-state index in [1.165, 1.54) is 22.9 Å². The van der Waals surface area contributed by atoms with Gasteiger partial charge in [0.2, 0.25) is 5.75 Å². The van der Waals surface area contributed by atoms with Gasteiger partial charge in [-0.3, -0.25) is 13.9 Å². The maximum Gasteiger partial charge on any atom is 0.331 e. The van der Waals surface area contributed by atoms with Gasteiger partial charge in [-0.25, -0.2) is 4.79 Å². The molecule has 0 unspecified atom stereocenters. The molecule has 1 heterocycles. The van der Waals surface area contributed by atoms with E-state index in [0.717, 1.165) is 4.57 Å². The van der Waals surface area contributed by atoms with Gasteiger partial charge in [0.25, 0.3) is 5.56 Å². The molecule has 0 aromatic carbocycles. The lowest BCUT2D eigenvalue weighted by molar-refractivity contribution is 0.346. The maximum atomic E-state index is 12.0. The first-order chi connectivity index (χ1) is 8.65. The lowest BCUT2D eigenvalue weighted by atomic mass is 10.5. The minimum absolute atomic E-state index is 0.109. The Morgan fingerprint density at radius 3 is 2.33 bits per heavy atom. The lowest BCUT2D eigenvalue weighted by Crippen LogP contribution is -2.39. The molecule has 18 heavy (non-hydrogen) atoms. The number of aromatic nitrogens is 2. The smallest absolute Gasteiger partial charge is 0.331 e. The SMILES string of the molecule is C=CCOc1cn(CC=C)c(=O)n(CC=C)c1=O. The second-order valence-corrected chi connectivity index (χ2v) is 3.52. The predicted molar refractivity (Wildman–Crippen MR) is 71.0 cm³/mol. The number of nitrogens with zero attached hydrogens (tertiary/aromatic N) is 2. The third-order valence-electron chi connectivity index (χ3n) is 2.20. The molecule has 0 aliphatic heterocycles.